The molecule has 0 fully saturated rings. The number of hydrogen-bond acceptors (Lipinski definition) is 7. The van der Waals surface area contributed by atoms with Gasteiger partial charge in [0.1, 0.15) is 5.56 Å². The maximum absolute atomic E-state index is 12.0. The van der Waals surface area contributed by atoms with Crippen LogP contribution in [0.3, 0.4) is 0 Å². The van der Waals surface area contributed by atoms with Crippen molar-refractivity contribution in [1.29, 1.82) is 0 Å². The van der Waals surface area contributed by atoms with Crippen molar-refractivity contribution in [1.82, 2.24) is 4.98 Å². The van der Waals surface area contributed by atoms with Gasteiger partial charge >= 0.3 is 5.97 Å². The number of rotatable bonds is 4. The average Bonchev–Trinajstić information content (AvgIpc) is 3.07. The highest BCUT2D eigenvalue weighted by molar-refractivity contribution is 7.13. The molecule has 0 aliphatic carbocycles. The van der Waals surface area contributed by atoms with E-state index in [2.05, 4.69) is 10.3 Å². The Bertz CT molecular complexity index is 642. The Labute approximate surface area is 119 Å². The predicted molar refractivity (Wildman–Crippen MR) is 73.4 cm³/mol. The molecule has 20 heavy (non-hydrogen) atoms. The smallest absolute Gasteiger partial charge is 0.344 e. The number of benzene rings is 1. The molecule has 3 rings (SSSR count). The standard InChI is InChI=1S/C13H12N2O4S/c1-17-8-4-3-7-9(10(8)18-2)12(16)19-11(7)15-13-14-5-6-20-13/h3-6,11H,1-2H3,(H,14,15)/t11-/m1/s1. The molecule has 2 heterocycles. The maximum Gasteiger partial charge on any atom is 0.344 e. The number of nitrogens with zero attached hydrogens (tertiary/aromatic N) is 1. The molecule has 0 unspecified atom stereocenters. The van der Waals surface area contributed by atoms with Crippen LogP contribution in [0, 0.1) is 0 Å². The van der Waals surface area contributed by atoms with Gasteiger partial charge in [0.05, 0.1) is 14.2 Å². The lowest BCUT2D eigenvalue weighted by Gasteiger charge is -2.13. The SMILES string of the molecule is COc1ccc2c(c1OC)C(=O)O[C@H]2Nc1nccs1. The largest absolute Gasteiger partial charge is 0.493 e. The van der Waals surface area contributed by atoms with Gasteiger partial charge in [-0.3, -0.25) is 0 Å². The summed E-state index contributed by atoms with van der Waals surface area (Å²) >= 11 is 1.43. The van der Waals surface area contributed by atoms with Crippen LogP contribution in [0.1, 0.15) is 22.1 Å². The molecule has 1 aromatic heterocycles. The Hall–Kier alpha value is -2.28. The molecule has 1 aromatic carbocycles. The highest BCUT2D eigenvalue weighted by Crippen LogP contribution is 2.42. The minimum atomic E-state index is -0.566. The van der Waals surface area contributed by atoms with Crippen molar-refractivity contribution in [2.45, 2.75) is 6.23 Å². The van der Waals surface area contributed by atoms with E-state index in [0.717, 1.165) is 0 Å². The summed E-state index contributed by atoms with van der Waals surface area (Å²) in [5.41, 5.74) is 1.10. The van der Waals surface area contributed by atoms with Crippen molar-refractivity contribution in [3.63, 3.8) is 0 Å². The zero-order chi connectivity index (χ0) is 14.1. The predicted octanol–water partition coefficient (Wildman–Crippen LogP) is 2.44. The molecule has 0 spiro atoms. The van der Waals surface area contributed by atoms with Crippen LogP contribution >= 0.6 is 11.3 Å². The number of nitrogens with one attached hydrogen (secondary N) is 1. The first-order chi connectivity index (χ1) is 9.74. The molecule has 6 nitrogen and oxygen atoms in total. The quantitative estimate of drug-likeness (QED) is 0.873. The Morgan fingerprint density at radius 1 is 1.35 bits per heavy atom. The number of cyclic esters (lactones) is 1. The molecule has 7 heteroatoms. The lowest BCUT2D eigenvalue weighted by atomic mass is 10.1. The van der Waals surface area contributed by atoms with E-state index in [1.54, 1.807) is 18.3 Å². The first-order valence-electron chi connectivity index (χ1n) is 5.86. The first-order valence-corrected chi connectivity index (χ1v) is 6.74. The van der Waals surface area contributed by atoms with Crippen LogP contribution in [-0.4, -0.2) is 25.2 Å². The number of fused-ring (bicyclic) bond motifs is 1. The molecule has 1 aliphatic rings. The minimum Gasteiger partial charge on any atom is -0.493 e. The van der Waals surface area contributed by atoms with Crippen LogP contribution in [0.25, 0.3) is 0 Å². The van der Waals surface area contributed by atoms with Crippen molar-refractivity contribution in [3.05, 3.63) is 34.8 Å². The molecule has 1 atom stereocenters. The van der Waals surface area contributed by atoms with Crippen molar-refractivity contribution >= 4 is 22.4 Å². The van der Waals surface area contributed by atoms with E-state index in [4.69, 9.17) is 14.2 Å². The number of carbonyl (C=O) groups is 1. The molecule has 2 aromatic rings. The minimum absolute atomic E-state index is 0.387. The Kier molecular flexibility index (Phi) is 3.19. The van der Waals surface area contributed by atoms with Gasteiger partial charge in [0.2, 0.25) is 6.23 Å². The first kappa shape index (κ1) is 12.7. The fraction of sp³-hybridized carbons (Fsp3) is 0.231. The lowest BCUT2D eigenvalue weighted by Crippen LogP contribution is -2.09. The number of anilines is 1. The van der Waals surface area contributed by atoms with Crippen molar-refractivity contribution in [2.24, 2.45) is 0 Å². The summed E-state index contributed by atoms with van der Waals surface area (Å²) in [4.78, 5) is 16.2. The second-order valence-corrected chi connectivity index (χ2v) is 4.93. The van der Waals surface area contributed by atoms with Gasteiger partial charge in [-0.15, -0.1) is 11.3 Å². The number of esters is 1. The molecule has 0 radical (unpaired) electrons. The van der Waals surface area contributed by atoms with Crippen LogP contribution in [0.5, 0.6) is 11.5 Å². The summed E-state index contributed by atoms with van der Waals surface area (Å²) in [6, 6.07) is 3.53. The van der Waals surface area contributed by atoms with Gasteiger partial charge < -0.3 is 19.5 Å². The molecule has 1 aliphatic heterocycles. The van der Waals surface area contributed by atoms with Gasteiger partial charge in [-0.05, 0) is 12.1 Å². The summed E-state index contributed by atoms with van der Waals surface area (Å²) in [6.07, 6.45) is 1.11. The monoisotopic (exact) mass is 292 g/mol. The highest BCUT2D eigenvalue weighted by atomic mass is 32.1. The number of hydrogen-bond donors (Lipinski definition) is 1. The fourth-order valence-corrected chi connectivity index (χ4v) is 2.66. The lowest BCUT2D eigenvalue weighted by molar-refractivity contribution is 0.0435. The van der Waals surface area contributed by atoms with E-state index in [9.17, 15) is 4.79 Å². The maximum atomic E-state index is 12.0. The average molecular weight is 292 g/mol. The molecular weight excluding hydrogens is 280 g/mol. The van der Waals surface area contributed by atoms with Gasteiger partial charge in [-0.1, -0.05) is 0 Å². The number of methoxy groups -OCH3 is 2. The number of ether oxygens (including phenoxy) is 3. The zero-order valence-electron chi connectivity index (χ0n) is 10.9. The Morgan fingerprint density at radius 3 is 2.85 bits per heavy atom. The fourth-order valence-electron chi connectivity index (χ4n) is 2.11. The summed E-state index contributed by atoms with van der Waals surface area (Å²) in [7, 11) is 3.02. The summed E-state index contributed by atoms with van der Waals surface area (Å²) in [5, 5.41) is 5.59. The third-order valence-electron chi connectivity index (χ3n) is 2.98. The molecule has 0 amide bonds. The summed E-state index contributed by atoms with van der Waals surface area (Å²) in [5.74, 6) is 0.446. The van der Waals surface area contributed by atoms with E-state index >= 15 is 0 Å². The van der Waals surface area contributed by atoms with Crippen LogP contribution in [0.2, 0.25) is 0 Å². The van der Waals surface area contributed by atoms with Crippen molar-refractivity contribution in [2.75, 3.05) is 19.5 Å². The molecule has 0 saturated carbocycles. The molecule has 104 valence electrons. The van der Waals surface area contributed by atoms with Crippen LogP contribution in [0.15, 0.2) is 23.7 Å². The number of carbonyl (C=O) groups excluding carboxylic acids is 1. The molecule has 0 bridgehead atoms. The van der Waals surface area contributed by atoms with Gasteiger partial charge in [0.15, 0.2) is 16.6 Å². The second kappa shape index (κ2) is 5.01. The Balaban J connectivity index is 2.01. The summed E-state index contributed by atoms with van der Waals surface area (Å²) < 4.78 is 15.8. The second-order valence-electron chi connectivity index (χ2n) is 4.03. The van der Waals surface area contributed by atoms with Crippen LogP contribution in [0.4, 0.5) is 5.13 Å². The van der Waals surface area contributed by atoms with E-state index in [-0.39, 0.29) is 0 Å². The topological polar surface area (TPSA) is 69.7 Å². The normalized spacial score (nSPS) is 16.5. The number of thiazole rings is 1. The van der Waals surface area contributed by atoms with Gasteiger partial charge in [-0.2, -0.15) is 0 Å². The summed E-state index contributed by atoms with van der Waals surface area (Å²) in [6.45, 7) is 0. The van der Waals surface area contributed by atoms with Crippen LogP contribution < -0.4 is 14.8 Å². The van der Waals surface area contributed by atoms with E-state index in [1.807, 2.05) is 5.38 Å². The zero-order valence-corrected chi connectivity index (χ0v) is 11.7. The third-order valence-corrected chi connectivity index (χ3v) is 3.68. The van der Waals surface area contributed by atoms with Crippen molar-refractivity contribution in [3.8, 4) is 11.5 Å². The van der Waals surface area contributed by atoms with Gasteiger partial charge in [0, 0.05) is 17.1 Å². The van der Waals surface area contributed by atoms with E-state index < -0.39 is 12.2 Å². The molecular formula is C13H12N2O4S. The van der Waals surface area contributed by atoms with Crippen molar-refractivity contribution < 1.29 is 19.0 Å². The van der Waals surface area contributed by atoms with E-state index in [1.165, 1.54) is 25.6 Å². The van der Waals surface area contributed by atoms with Crippen LogP contribution in [-0.2, 0) is 4.74 Å². The number of aromatic nitrogens is 1. The van der Waals surface area contributed by atoms with Gasteiger partial charge in [-0.25, -0.2) is 9.78 Å². The van der Waals surface area contributed by atoms with Gasteiger partial charge in [0.25, 0.3) is 0 Å². The third kappa shape index (κ3) is 1.96. The van der Waals surface area contributed by atoms with E-state index in [0.29, 0.717) is 27.8 Å². The molecule has 1 N–H and O–H groups in total. The highest BCUT2D eigenvalue weighted by Gasteiger charge is 2.36. The Morgan fingerprint density at radius 2 is 2.20 bits per heavy atom. The molecule has 0 saturated heterocycles.